The van der Waals surface area contributed by atoms with Gasteiger partial charge in [0.15, 0.2) is 0 Å². The molecule has 0 saturated heterocycles. The Morgan fingerprint density at radius 3 is 2.43 bits per heavy atom. The molecule has 0 heterocycles. The number of benzene rings is 3. The summed E-state index contributed by atoms with van der Waals surface area (Å²) in [6.07, 6.45) is 2.90. The average Bonchev–Trinajstić information content (AvgIpc) is 2.67. The van der Waals surface area contributed by atoms with Gasteiger partial charge in [-0.05, 0) is 48.0 Å². The number of hydrogen-bond donors (Lipinski definition) is 2. The molecule has 1 amide bonds. The van der Waals surface area contributed by atoms with Crippen LogP contribution in [-0.2, 0) is 4.79 Å². The van der Waals surface area contributed by atoms with Crippen LogP contribution in [0.15, 0.2) is 78.9 Å². The van der Waals surface area contributed by atoms with Gasteiger partial charge in [0.2, 0.25) is 5.91 Å². The summed E-state index contributed by atoms with van der Waals surface area (Å²) >= 11 is 5.92. The quantitative estimate of drug-likeness (QED) is 0.543. The standard InChI is InChI=1S/C22H16ClNO4/c23-16-6-4-5-15(13-16)9-12-21(25)24-20-14-18(10-11-19(20)22(26)27)28-17-7-2-1-3-8-17/h1-14H,(H,24,25)(H,26,27)/b12-9+. The predicted octanol–water partition coefficient (Wildman–Crippen LogP) is 5.48. The molecule has 3 aromatic rings. The van der Waals surface area contributed by atoms with E-state index in [1.54, 1.807) is 42.5 Å². The SMILES string of the molecule is O=C(/C=C/c1cccc(Cl)c1)Nc1cc(Oc2ccccc2)ccc1C(=O)O. The molecule has 0 fully saturated rings. The van der Waals surface area contributed by atoms with Crippen molar-refractivity contribution < 1.29 is 19.4 Å². The van der Waals surface area contributed by atoms with Crippen LogP contribution >= 0.6 is 11.6 Å². The molecule has 0 spiro atoms. The van der Waals surface area contributed by atoms with Gasteiger partial charge in [0.05, 0.1) is 11.3 Å². The Balaban J connectivity index is 1.79. The number of para-hydroxylation sites is 1. The first-order valence-corrected chi connectivity index (χ1v) is 8.74. The molecule has 0 bridgehead atoms. The van der Waals surface area contributed by atoms with Crippen molar-refractivity contribution in [2.24, 2.45) is 0 Å². The number of halogens is 1. The molecule has 5 nitrogen and oxygen atoms in total. The zero-order valence-electron chi connectivity index (χ0n) is 14.6. The van der Waals surface area contributed by atoms with E-state index in [0.717, 1.165) is 5.56 Å². The second kappa shape index (κ2) is 8.88. The van der Waals surface area contributed by atoms with Crippen LogP contribution in [0.25, 0.3) is 6.08 Å². The first kappa shape index (κ1) is 19.2. The Hall–Kier alpha value is -3.57. The number of carbonyl (C=O) groups is 2. The van der Waals surface area contributed by atoms with Crippen molar-refractivity contribution in [1.29, 1.82) is 0 Å². The number of amides is 1. The maximum absolute atomic E-state index is 12.3. The van der Waals surface area contributed by atoms with Crippen LogP contribution in [0.1, 0.15) is 15.9 Å². The van der Waals surface area contributed by atoms with Crippen molar-refractivity contribution in [2.75, 3.05) is 5.32 Å². The van der Waals surface area contributed by atoms with Gasteiger partial charge >= 0.3 is 5.97 Å². The minimum Gasteiger partial charge on any atom is -0.478 e. The van der Waals surface area contributed by atoms with Gasteiger partial charge in [0.25, 0.3) is 0 Å². The lowest BCUT2D eigenvalue weighted by molar-refractivity contribution is -0.111. The summed E-state index contributed by atoms with van der Waals surface area (Å²) in [4.78, 5) is 23.7. The molecule has 0 saturated carbocycles. The highest BCUT2D eigenvalue weighted by molar-refractivity contribution is 6.30. The van der Waals surface area contributed by atoms with E-state index in [4.69, 9.17) is 16.3 Å². The largest absolute Gasteiger partial charge is 0.478 e. The number of anilines is 1. The number of carbonyl (C=O) groups excluding carboxylic acids is 1. The van der Waals surface area contributed by atoms with Crippen LogP contribution in [0.2, 0.25) is 5.02 Å². The van der Waals surface area contributed by atoms with Gasteiger partial charge in [0, 0.05) is 17.2 Å². The molecule has 140 valence electrons. The number of carboxylic acids is 1. The van der Waals surface area contributed by atoms with E-state index in [0.29, 0.717) is 16.5 Å². The van der Waals surface area contributed by atoms with Gasteiger partial charge in [-0.3, -0.25) is 4.79 Å². The number of carboxylic acid groups (broad SMARTS) is 1. The van der Waals surface area contributed by atoms with Crippen molar-refractivity contribution in [2.45, 2.75) is 0 Å². The van der Waals surface area contributed by atoms with E-state index in [2.05, 4.69) is 5.32 Å². The Kier molecular flexibility index (Phi) is 6.09. The number of ether oxygens (including phenoxy) is 1. The van der Waals surface area contributed by atoms with E-state index < -0.39 is 11.9 Å². The molecule has 0 aromatic heterocycles. The van der Waals surface area contributed by atoms with Gasteiger partial charge in [-0.15, -0.1) is 0 Å². The fourth-order valence-corrected chi connectivity index (χ4v) is 2.66. The minimum atomic E-state index is -1.15. The van der Waals surface area contributed by atoms with Crippen molar-refractivity contribution in [1.82, 2.24) is 0 Å². The fraction of sp³-hybridized carbons (Fsp3) is 0. The number of hydrogen-bond acceptors (Lipinski definition) is 3. The van der Waals surface area contributed by atoms with Crippen LogP contribution < -0.4 is 10.1 Å². The first-order valence-electron chi connectivity index (χ1n) is 8.36. The van der Waals surface area contributed by atoms with E-state index in [-0.39, 0.29) is 11.3 Å². The highest BCUT2D eigenvalue weighted by Gasteiger charge is 2.13. The van der Waals surface area contributed by atoms with E-state index in [1.807, 2.05) is 18.2 Å². The van der Waals surface area contributed by atoms with Gasteiger partial charge in [-0.1, -0.05) is 41.9 Å². The lowest BCUT2D eigenvalue weighted by Gasteiger charge is -2.11. The lowest BCUT2D eigenvalue weighted by Crippen LogP contribution is -2.12. The molecule has 3 aromatic carbocycles. The van der Waals surface area contributed by atoms with E-state index in [9.17, 15) is 14.7 Å². The molecule has 0 aliphatic heterocycles. The van der Waals surface area contributed by atoms with Crippen LogP contribution in [-0.4, -0.2) is 17.0 Å². The fourth-order valence-electron chi connectivity index (χ4n) is 2.46. The molecule has 0 unspecified atom stereocenters. The van der Waals surface area contributed by atoms with Crippen LogP contribution in [0.4, 0.5) is 5.69 Å². The Morgan fingerprint density at radius 2 is 1.71 bits per heavy atom. The van der Waals surface area contributed by atoms with E-state index >= 15 is 0 Å². The summed E-state index contributed by atoms with van der Waals surface area (Å²) in [6.45, 7) is 0. The average molecular weight is 394 g/mol. The molecular weight excluding hydrogens is 378 g/mol. The molecule has 6 heteroatoms. The van der Waals surface area contributed by atoms with Gasteiger partial charge in [-0.25, -0.2) is 4.79 Å². The van der Waals surface area contributed by atoms with Crippen LogP contribution in [0.3, 0.4) is 0 Å². The van der Waals surface area contributed by atoms with Gasteiger partial charge < -0.3 is 15.2 Å². The van der Waals surface area contributed by atoms with Crippen molar-refractivity contribution in [3.05, 3.63) is 95.0 Å². The minimum absolute atomic E-state index is 0.0371. The normalized spacial score (nSPS) is 10.6. The first-order chi connectivity index (χ1) is 13.5. The molecule has 0 aliphatic rings. The number of aromatic carboxylic acids is 1. The van der Waals surface area contributed by atoms with Crippen molar-refractivity contribution in [3.63, 3.8) is 0 Å². The lowest BCUT2D eigenvalue weighted by atomic mass is 10.1. The molecular formula is C22H16ClNO4. The maximum Gasteiger partial charge on any atom is 0.337 e. The Morgan fingerprint density at radius 1 is 0.929 bits per heavy atom. The summed E-state index contributed by atoms with van der Waals surface area (Å²) < 4.78 is 5.70. The van der Waals surface area contributed by atoms with Crippen molar-refractivity contribution in [3.8, 4) is 11.5 Å². The summed E-state index contributed by atoms with van der Waals surface area (Å²) in [5, 5.41) is 12.5. The third-order valence-corrected chi connectivity index (χ3v) is 3.97. The molecule has 3 rings (SSSR count). The Labute approximate surface area is 166 Å². The predicted molar refractivity (Wildman–Crippen MR) is 109 cm³/mol. The molecule has 2 N–H and O–H groups in total. The maximum atomic E-state index is 12.3. The highest BCUT2D eigenvalue weighted by atomic mass is 35.5. The molecule has 28 heavy (non-hydrogen) atoms. The topological polar surface area (TPSA) is 75.6 Å². The van der Waals surface area contributed by atoms with Gasteiger partial charge in [0.1, 0.15) is 11.5 Å². The smallest absolute Gasteiger partial charge is 0.337 e. The zero-order valence-corrected chi connectivity index (χ0v) is 15.4. The summed E-state index contributed by atoms with van der Waals surface area (Å²) in [6, 6.07) is 20.5. The van der Waals surface area contributed by atoms with Crippen molar-refractivity contribution >= 4 is 35.2 Å². The van der Waals surface area contributed by atoms with Crippen LogP contribution in [0.5, 0.6) is 11.5 Å². The highest BCUT2D eigenvalue weighted by Crippen LogP contribution is 2.27. The van der Waals surface area contributed by atoms with Crippen LogP contribution in [0, 0.1) is 0 Å². The summed E-state index contributed by atoms with van der Waals surface area (Å²) in [5.74, 6) is -0.617. The number of rotatable bonds is 6. The summed E-state index contributed by atoms with van der Waals surface area (Å²) in [7, 11) is 0. The second-order valence-corrected chi connectivity index (χ2v) is 6.24. The summed E-state index contributed by atoms with van der Waals surface area (Å²) in [5.41, 5.74) is 0.855. The number of nitrogens with one attached hydrogen (secondary N) is 1. The third-order valence-electron chi connectivity index (χ3n) is 3.73. The molecule has 0 radical (unpaired) electrons. The molecule has 0 atom stereocenters. The molecule has 0 aliphatic carbocycles. The van der Waals surface area contributed by atoms with E-state index in [1.165, 1.54) is 24.3 Å². The zero-order chi connectivity index (χ0) is 19.9. The van der Waals surface area contributed by atoms with Gasteiger partial charge in [-0.2, -0.15) is 0 Å². The second-order valence-electron chi connectivity index (χ2n) is 5.81. The third kappa shape index (κ3) is 5.22. The Bertz CT molecular complexity index is 1030. The monoisotopic (exact) mass is 393 g/mol.